The maximum Gasteiger partial charge on any atom is 0.238 e. The van der Waals surface area contributed by atoms with Gasteiger partial charge in [-0.2, -0.15) is 0 Å². The number of rotatable bonds is 5. The average molecular weight is 380 g/mol. The van der Waals surface area contributed by atoms with Crippen LogP contribution in [0.15, 0.2) is 12.1 Å². The minimum atomic E-state index is -3.56. The van der Waals surface area contributed by atoms with E-state index in [9.17, 15) is 13.2 Å². The van der Waals surface area contributed by atoms with Gasteiger partial charge < -0.3 is 5.32 Å². The van der Waals surface area contributed by atoms with Crippen LogP contribution in [0, 0.1) is 13.8 Å². The lowest BCUT2D eigenvalue weighted by molar-refractivity contribution is -0.121. The first-order chi connectivity index (χ1) is 11.9. The maximum atomic E-state index is 12.8. The Labute approximate surface area is 158 Å². The quantitative estimate of drug-likeness (QED) is 0.842. The molecule has 0 saturated heterocycles. The number of amides is 1. The number of nitrogens with one attached hydrogen (secondary N) is 1. The molecular weight excluding hydrogens is 346 g/mol. The van der Waals surface area contributed by atoms with Gasteiger partial charge in [-0.25, -0.2) is 8.42 Å². The topological polar surface area (TPSA) is 63.2 Å². The van der Waals surface area contributed by atoms with Crippen molar-refractivity contribution in [2.24, 2.45) is 0 Å². The molecule has 1 aromatic rings. The van der Waals surface area contributed by atoms with Crippen molar-refractivity contribution >= 4 is 15.7 Å². The van der Waals surface area contributed by atoms with E-state index in [1.807, 2.05) is 13.8 Å². The Morgan fingerprint density at radius 3 is 2.12 bits per heavy atom. The van der Waals surface area contributed by atoms with Crippen molar-refractivity contribution in [2.75, 3.05) is 0 Å². The van der Waals surface area contributed by atoms with Crippen molar-refractivity contribution in [2.45, 2.75) is 89.7 Å². The Hall–Kier alpha value is -1.36. The summed E-state index contributed by atoms with van der Waals surface area (Å²) in [5.41, 5.74) is 3.98. The van der Waals surface area contributed by atoms with Gasteiger partial charge in [0.15, 0.2) is 9.84 Å². The van der Waals surface area contributed by atoms with Gasteiger partial charge in [0.05, 0.1) is 5.75 Å². The first-order valence-corrected chi connectivity index (χ1v) is 11.3. The predicted molar refractivity (Wildman–Crippen MR) is 107 cm³/mol. The lowest BCUT2D eigenvalue weighted by Gasteiger charge is -2.23. The molecular formula is C21H33NO3S. The fourth-order valence-electron chi connectivity index (χ4n) is 3.53. The van der Waals surface area contributed by atoms with Gasteiger partial charge in [-0.05, 0) is 61.3 Å². The zero-order valence-electron chi connectivity index (χ0n) is 17.0. The minimum Gasteiger partial charge on any atom is -0.352 e. The Bertz CT molecular complexity index is 746. The summed E-state index contributed by atoms with van der Waals surface area (Å²) in [4.78, 5) is 12.4. The van der Waals surface area contributed by atoms with E-state index in [1.54, 1.807) is 0 Å². The van der Waals surface area contributed by atoms with Gasteiger partial charge in [0, 0.05) is 6.04 Å². The van der Waals surface area contributed by atoms with Gasteiger partial charge in [0.25, 0.3) is 0 Å². The van der Waals surface area contributed by atoms with Crippen molar-refractivity contribution in [3.05, 3.63) is 34.4 Å². The van der Waals surface area contributed by atoms with E-state index in [0.29, 0.717) is 0 Å². The third-order valence-electron chi connectivity index (χ3n) is 5.52. The smallest absolute Gasteiger partial charge is 0.238 e. The Kier molecular flexibility index (Phi) is 6.21. The molecule has 0 aromatic heterocycles. The molecule has 1 aliphatic carbocycles. The number of benzene rings is 1. The summed E-state index contributed by atoms with van der Waals surface area (Å²) in [5.74, 6) is -0.451. The number of sulfone groups is 1. The van der Waals surface area contributed by atoms with Crippen LogP contribution in [0.4, 0.5) is 0 Å². The van der Waals surface area contributed by atoms with E-state index in [4.69, 9.17) is 0 Å². The van der Waals surface area contributed by atoms with Crippen molar-refractivity contribution in [1.82, 2.24) is 5.32 Å². The standard InChI is InChI=1S/C21H33NO3S/c1-14-11-17(21(4,5)6)12-15(2)19(14)13-26(24,25)16(3)20(23)22-18-9-7-8-10-18/h11-12,16,18H,7-10,13H2,1-6H3,(H,22,23). The van der Waals surface area contributed by atoms with Crippen molar-refractivity contribution in [3.8, 4) is 0 Å². The highest BCUT2D eigenvalue weighted by Crippen LogP contribution is 2.28. The van der Waals surface area contributed by atoms with Gasteiger partial charge in [0.2, 0.25) is 5.91 Å². The fourth-order valence-corrected chi connectivity index (χ4v) is 5.03. The largest absolute Gasteiger partial charge is 0.352 e. The Balaban J connectivity index is 2.19. The summed E-state index contributed by atoms with van der Waals surface area (Å²) in [6, 6.07) is 4.28. The summed E-state index contributed by atoms with van der Waals surface area (Å²) >= 11 is 0. The van der Waals surface area contributed by atoms with E-state index < -0.39 is 15.1 Å². The van der Waals surface area contributed by atoms with E-state index >= 15 is 0 Å². The van der Waals surface area contributed by atoms with E-state index in [2.05, 4.69) is 38.2 Å². The molecule has 2 rings (SSSR count). The third kappa shape index (κ3) is 4.87. The second-order valence-corrected chi connectivity index (χ2v) is 11.1. The van der Waals surface area contributed by atoms with Crippen LogP contribution in [0.2, 0.25) is 0 Å². The molecule has 0 spiro atoms. The Morgan fingerprint density at radius 2 is 1.65 bits per heavy atom. The molecule has 0 bridgehead atoms. The average Bonchev–Trinajstić information content (AvgIpc) is 3.01. The van der Waals surface area contributed by atoms with Gasteiger partial charge in [-0.1, -0.05) is 45.7 Å². The molecule has 1 aliphatic rings. The molecule has 146 valence electrons. The predicted octanol–water partition coefficient (Wildman–Crippen LogP) is 3.96. The van der Waals surface area contributed by atoms with Crippen LogP contribution in [0.5, 0.6) is 0 Å². The number of aryl methyl sites for hydroxylation is 2. The molecule has 1 unspecified atom stereocenters. The van der Waals surface area contributed by atoms with Crippen LogP contribution >= 0.6 is 0 Å². The highest BCUT2D eigenvalue weighted by molar-refractivity contribution is 7.92. The van der Waals surface area contributed by atoms with Crippen molar-refractivity contribution in [1.29, 1.82) is 0 Å². The monoisotopic (exact) mass is 379 g/mol. The molecule has 4 nitrogen and oxygen atoms in total. The van der Waals surface area contributed by atoms with Gasteiger partial charge in [-0.3, -0.25) is 4.79 Å². The van der Waals surface area contributed by atoms with Crippen LogP contribution in [0.1, 0.15) is 75.6 Å². The Morgan fingerprint density at radius 1 is 1.15 bits per heavy atom. The maximum absolute atomic E-state index is 12.8. The zero-order chi connectivity index (χ0) is 19.7. The number of carbonyl (C=O) groups is 1. The molecule has 0 heterocycles. The van der Waals surface area contributed by atoms with Crippen LogP contribution < -0.4 is 5.32 Å². The highest BCUT2D eigenvalue weighted by atomic mass is 32.2. The number of hydrogen-bond acceptors (Lipinski definition) is 3. The third-order valence-corrected chi connectivity index (χ3v) is 7.50. The molecule has 1 atom stereocenters. The van der Waals surface area contributed by atoms with Crippen LogP contribution in [0.25, 0.3) is 0 Å². The van der Waals surface area contributed by atoms with Crippen molar-refractivity contribution < 1.29 is 13.2 Å². The molecule has 26 heavy (non-hydrogen) atoms. The van der Waals surface area contributed by atoms with E-state index in [-0.39, 0.29) is 23.1 Å². The van der Waals surface area contributed by atoms with Crippen LogP contribution in [0.3, 0.4) is 0 Å². The summed E-state index contributed by atoms with van der Waals surface area (Å²) in [6.45, 7) is 11.9. The summed E-state index contributed by atoms with van der Waals surface area (Å²) in [6.07, 6.45) is 4.10. The second kappa shape index (κ2) is 7.71. The van der Waals surface area contributed by atoms with Crippen LogP contribution in [-0.2, 0) is 25.8 Å². The fraction of sp³-hybridized carbons (Fsp3) is 0.667. The summed E-state index contributed by atoms with van der Waals surface area (Å²) in [7, 11) is -3.56. The second-order valence-electron chi connectivity index (χ2n) is 8.78. The van der Waals surface area contributed by atoms with Gasteiger partial charge in [-0.15, -0.1) is 0 Å². The first kappa shape index (κ1) is 20.9. The zero-order valence-corrected chi connectivity index (χ0v) is 17.8. The van der Waals surface area contributed by atoms with E-state index in [0.717, 1.165) is 42.4 Å². The van der Waals surface area contributed by atoms with E-state index in [1.165, 1.54) is 12.5 Å². The number of carbonyl (C=O) groups excluding carboxylic acids is 1. The normalized spacial score (nSPS) is 17.3. The lowest BCUT2D eigenvalue weighted by atomic mass is 9.84. The lowest BCUT2D eigenvalue weighted by Crippen LogP contribution is -2.42. The molecule has 1 fully saturated rings. The number of hydrogen-bond donors (Lipinski definition) is 1. The first-order valence-electron chi connectivity index (χ1n) is 9.54. The summed E-state index contributed by atoms with van der Waals surface area (Å²) < 4.78 is 25.7. The molecule has 0 radical (unpaired) electrons. The molecule has 5 heteroatoms. The minimum absolute atomic E-state index is 0.0153. The summed E-state index contributed by atoms with van der Waals surface area (Å²) in [5, 5.41) is 1.89. The molecule has 1 N–H and O–H groups in total. The molecule has 0 aliphatic heterocycles. The SMILES string of the molecule is Cc1cc(C(C)(C)C)cc(C)c1CS(=O)(=O)C(C)C(=O)NC1CCCC1. The van der Waals surface area contributed by atoms with Crippen molar-refractivity contribution in [3.63, 3.8) is 0 Å². The highest BCUT2D eigenvalue weighted by Gasteiger charge is 2.31. The van der Waals surface area contributed by atoms with Gasteiger partial charge in [0.1, 0.15) is 5.25 Å². The molecule has 1 aromatic carbocycles. The van der Waals surface area contributed by atoms with Crippen LogP contribution in [-0.4, -0.2) is 25.6 Å². The van der Waals surface area contributed by atoms with Gasteiger partial charge >= 0.3 is 0 Å². The molecule has 1 saturated carbocycles. The molecule has 1 amide bonds.